The third kappa shape index (κ3) is 3.97. The molecule has 0 aliphatic heterocycles. The standard InChI is InChI=1S/C11H17NO3/c1-14-8-15-7-9-3-2-4-10(5-9)11(12)6-13/h2-5,11,13H,6-8,12H2,1H3. The minimum atomic E-state index is -0.327. The van der Waals surface area contributed by atoms with Crippen molar-refractivity contribution < 1.29 is 14.6 Å². The van der Waals surface area contributed by atoms with Gasteiger partial charge in [0.25, 0.3) is 0 Å². The van der Waals surface area contributed by atoms with Crippen molar-refractivity contribution in [1.82, 2.24) is 0 Å². The second-order valence-electron chi connectivity index (χ2n) is 3.29. The van der Waals surface area contributed by atoms with Crippen LogP contribution in [0.15, 0.2) is 24.3 Å². The molecule has 0 bridgehead atoms. The van der Waals surface area contributed by atoms with E-state index in [2.05, 4.69) is 0 Å². The van der Waals surface area contributed by atoms with Gasteiger partial charge in [-0.2, -0.15) is 0 Å². The summed E-state index contributed by atoms with van der Waals surface area (Å²) in [5.74, 6) is 0. The van der Waals surface area contributed by atoms with Crippen molar-refractivity contribution in [3.63, 3.8) is 0 Å². The Morgan fingerprint density at radius 3 is 2.93 bits per heavy atom. The summed E-state index contributed by atoms with van der Waals surface area (Å²) in [5.41, 5.74) is 7.64. The fourth-order valence-electron chi connectivity index (χ4n) is 1.26. The number of hydrogen-bond acceptors (Lipinski definition) is 4. The Morgan fingerprint density at radius 1 is 1.47 bits per heavy atom. The SMILES string of the molecule is COCOCc1cccc(C(N)CO)c1. The average molecular weight is 211 g/mol. The highest BCUT2D eigenvalue weighted by molar-refractivity contribution is 5.25. The van der Waals surface area contributed by atoms with Gasteiger partial charge in [-0.15, -0.1) is 0 Å². The Kier molecular flexibility index (Phi) is 5.28. The zero-order valence-electron chi connectivity index (χ0n) is 8.85. The summed E-state index contributed by atoms with van der Waals surface area (Å²) >= 11 is 0. The molecule has 1 rings (SSSR count). The molecular formula is C11H17NO3. The number of rotatable bonds is 6. The predicted octanol–water partition coefficient (Wildman–Crippen LogP) is 0.799. The molecule has 0 aromatic heterocycles. The van der Waals surface area contributed by atoms with E-state index in [0.717, 1.165) is 11.1 Å². The summed E-state index contributed by atoms with van der Waals surface area (Å²) in [5, 5.41) is 8.92. The second kappa shape index (κ2) is 6.53. The molecule has 0 saturated heterocycles. The molecule has 0 spiro atoms. The normalized spacial score (nSPS) is 12.7. The molecule has 84 valence electrons. The monoisotopic (exact) mass is 211 g/mol. The molecule has 4 heteroatoms. The van der Waals surface area contributed by atoms with Crippen LogP contribution < -0.4 is 5.73 Å². The molecule has 4 nitrogen and oxygen atoms in total. The van der Waals surface area contributed by atoms with Gasteiger partial charge in [0.2, 0.25) is 0 Å². The minimum Gasteiger partial charge on any atom is -0.394 e. The Morgan fingerprint density at radius 2 is 2.27 bits per heavy atom. The van der Waals surface area contributed by atoms with Crippen molar-refractivity contribution in [3.8, 4) is 0 Å². The average Bonchev–Trinajstić information content (AvgIpc) is 2.29. The summed E-state index contributed by atoms with van der Waals surface area (Å²) in [6, 6.07) is 7.34. The number of benzene rings is 1. The first-order valence-electron chi connectivity index (χ1n) is 4.80. The molecular weight excluding hydrogens is 194 g/mol. The van der Waals surface area contributed by atoms with Crippen molar-refractivity contribution in [1.29, 1.82) is 0 Å². The lowest BCUT2D eigenvalue weighted by Gasteiger charge is -2.10. The van der Waals surface area contributed by atoms with E-state index in [-0.39, 0.29) is 19.4 Å². The molecule has 0 saturated carbocycles. The molecule has 1 atom stereocenters. The van der Waals surface area contributed by atoms with Crippen LogP contribution in [-0.4, -0.2) is 25.6 Å². The van der Waals surface area contributed by atoms with E-state index < -0.39 is 0 Å². The van der Waals surface area contributed by atoms with Gasteiger partial charge < -0.3 is 20.3 Å². The molecule has 0 fully saturated rings. The third-order valence-corrected chi connectivity index (χ3v) is 2.05. The first-order valence-corrected chi connectivity index (χ1v) is 4.80. The minimum absolute atomic E-state index is 0.0532. The lowest BCUT2D eigenvalue weighted by Crippen LogP contribution is -2.14. The molecule has 0 radical (unpaired) electrons. The molecule has 1 aromatic carbocycles. The number of methoxy groups -OCH3 is 1. The van der Waals surface area contributed by atoms with Crippen molar-refractivity contribution in [2.24, 2.45) is 5.73 Å². The van der Waals surface area contributed by atoms with Crippen LogP contribution in [0.3, 0.4) is 0 Å². The van der Waals surface area contributed by atoms with Gasteiger partial charge in [-0.1, -0.05) is 24.3 Å². The molecule has 0 heterocycles. The van der Waals surface area contributed by atoms with Crippen LogP contribution in [0.25, 0.3) is 0 Å². The second-order valence-corrected chi connectivity index (χ2v) is 3.29. The highest BCUT2D eigenvalue weighted by Crippen LogP contribution is 2.12. The summed E-state index contributed by atoms with van der Waals surface area (Å²) in [6.45, 7) is 0.707. The summed E-state index contributed by atoms with van der Waals surface area (Å²) in [7, 11) is 1.58. The Labute approximate surface area is 89.6 Å². The molecule has 1 unspecified atom stereocenters. The maximum absolute atomic E-state index is 8.92. The molecule has 0 amide bonds. The van der Waals surface area contributed by atoms with Gasteiger partial charge in [-0.05, 0) is 11.1 Å². The largest absolute Gasteiger partial charge is 0.394 e. The number of nitrogens with two attached hydrogens (primary N) is 1. The van der Waals surface area contributed by atoms with Gasteiger partial charge in [0, 0.05) is 7.11 Å². The third-order valence-electron chi connectivity index (χ3n) is 2.05. The van der Waals surface area contributed by atoms with E-state index in [9.17, 15) is 0 Å². The van der Waals surface area contributed by atoms with Gasteiger partial charge in [-0.25, -0.2) is 0 Å². The molecule has 3 N–H and O–H groups in total. The Hall–Kier alpha value is -0.940. The molecule has 0 aliphatic carbocycles. The number of ether oxygens (including phenoxy) is 2. The summed E-state index contributed by atoms with van der Waals surface area (Å²) in [4.78, 5) is 0. The van der Waals surface area contributed by atoms with Crippen LogP contribution in [0, 0.1) is 0 Å². The topological polar surface area (TPSA) is 64.7 Å². The molecule has 0 aliphatic rings. The first kappa shape index (κ1) is 12.1. The Balaban J connectivity index is 2.57. The molecule has 1 aromatic rings. The smallest absolute Gasteiger partial charge is 0.146 e. The zero-order valence-corrected chi connectivity index (χ0v) is 8.85. The van der Waals surface area contributed by atoms with E-state index in [1.165, 1.54) is 0 Å². The van der Waals surface area contributed by atoms with Crippen LogP contribution in [0.1, 0.15) is 17.2 Å². The van der Waals surface area contributed by atoms with Crippen LogP contribution in [-0.2, 0) is 16.1 Å². The molecule has 15 heavy (non-hydrogen) atoms. The summed E-state index contributed by atoms with van der Waals surface area (Å²) < 4.78 is 9.99. The van der Waals surface area contributed by atoms with Gasteiger partial charge in [-0.3, -0.25) is 0 Å². The zero-order chi connectivity index (χ0) is 11.1. The lowest BCUT2D eigenvalue weighted by molar-refractivity contribution is -0.0390. The Bertz CT molecular complexity index is 291. The quantitative estimate of drug-likeness (QED) is 0.539. The van der Waals surface area contributed by atoms with Crippen LogP contribution in [0.5, 0.6) is 0 Å². The van der Waals surface area contributed by atoms with E-state index in [1.54, 1.807) is 7.11 Å². The van der Waals surface area contributed by atoms with Crippen molar-refractivity contribution in [2.75, 3.05) is 20.5 Å². The van der Waals surface area contributed by atoms with Crippen LogP contribution in [0.2, 0.25) is 0 Å². The van der Waals surface area contributed by atoms with Crippen molar-refractivity contribution in [2.45, 2.75) is 12.6 Å². The predicted molar refractivity (Wildman–Crippen MR) is 57.1 cm³/mol. The van der Waals surface area contributed by atoms with E-state index in [1.807, 2.05) is 24.3 Å². The van der Waals surface area contributed by atoms with Gasteiger partial charge in [0.15, 0.2) is 0 Å². The van der Waals surface area contributed by atoms with Gasteiger partial charge in [0.05, 0.1) is 19.3 Å². The highest BCUT2D eigenvalue weighted by Gasteiger charge is 2.04. The fourth-order valence-corrected chi connectivity index (χ4v) is 1.26. The van der Waals surface area contributed by atoms with E-state index >= 15 is 0 Å². The van der Waals surface area contributed by atoms with Crippen LogP contribution in [0.4, 0.5) is 0 Å². The number of aliphatic hydroxyl groups excluding tert-OH is 1. The van der Waals surface area contributed by atoms with E-state index in [4.69, 9.17) is 20.3 Å². The maximum atomic E-state index is 8.92. The lowest BCUT2D eigenvalue weighted by atomic mass is 10.1. The van der Waals surface area contributed by atoms with Crippen LogP contribution >= 0.6 is 0 Å². The first-order chi connectivity index (χ1) is 7.27. The highest BCUT2D eigenvalue weighted by atomic mass is 16.7. The van der Waals surface area contributed by atoms with Gasteiger partial charge in [0.1, 0.15) is 6.79 Å². The number of hydrogen-bond donors (Lipinski definition) is 2. The number of aliphatic hydroxyl groups is 1. The van der Waals surface area contributed by atoms with Crippen molar-refractivity contribution >= 4 is 0 Å². The summed E-state index contributed by atoms with van der Waals surface area (Å²) in [6.07, 6.45) is 0. The maximum Gasteiger partial charge on any atom is 0.146 e. The fraction of sp³-hybridized carbons (Fsp3) is 0.455. The van der Waals surface area contributed by atoms with Crippen molar-refractivity contribution in [3.05, 3.63) is 35.4 Å². The van der Waals surface area contributed by atoms with Gasteiger partial charge >= 0.3 is 0 Å². The van der Waals surface area contributed by atoms with E-state index in [0.29, 0.717) is 6.61 Å².